The van der Waals surface area contributed by atoms with Gasteiger partial charge >= 0.3 is 0 Å². The minimum absolute atomic E-state index is 0.0211. The monoisotopic (exact) mass is 342 g/mol. The first-order chi connectivity index (χ1) is 12.0. The third-order valence-corrected chi connectivity index (χ3v) is 3.70. The SMILES string of the molecule is Cc1cccc(C)c1OCC(=O)Nc1ccc(OCCN(C)C)cc1. The third kappa shape index (κ3) is 6.12. The maximum absolute atomic E-state index is 12.1. The molecule has 2 aromatic carbocycles. The molecule has 0 bridgehead atoms. The molecule has 0 radical (unpaired) electrons. The van der Waals surface area contributed by atoms with Crippen LogP contribution < -0.4 is 14.8 Å². The van der Waals surface area contributed by atoms with Gasteiger partial charge in [0.25, 0.3) is 5.91 Å². The number of aryl methyl sites for hydroxylation is 2. The van der Waals surface area contributed by atoms with Crippen molar-refractivity contribution >= 4 is 11.6 Å². The highest BCUT2D eigenvalue weighted by Crippen LogP contribution is 2.22. The smallest absolute Gasteiger partial charge is 0.262 e. The van der Waals surface area contributed by atoms with E-state index < -0.39 is 0 Å². The normalized spacial score (nSPS) is 10.6. The van der Waals surface area contributed by atoms with Crippen LogP contribution in [0.1, 0.15) is 11.1 Å². The first-order valence-electron chi connectivity index (χ1n) is 8.32. The summed E-state index contributed by atoms with van der Waals surface area (Å²) >= 11 is 0. The zero-order chi connectivity index (χ0) is 18.2. The summed E-state index contributed by atoms with van der Waals surface area (Å²) in [6, 6.07) is 13.2. The van der Waals surface area contributed by atoms with Gasteiger partial charge in [-0.25, -0.2) is 0 Å². The van der Waals surface area contributed by atoms with E-state index in [1.807, 2.05) is 70.4 Å². The predicted molar refractivity (Wildman–Crippen MR) is 101 cm³/mol. The molecule has 1 amide bonds. The van der Waals surface area contributed by atoms with Gasteiger partial charge in [-0.1, -0.05) is 18.2 Å². The predicted octanol–water partition coefficient (Wildman–Crippen LogP) is 3.26. The second kappa shape index (κ2) is 9.08. The van der Waals surface area contributed by atoms with Gasteiger partial charge in [-0.3, -0.25) is 4.79 Å². The van der Waals surface area contributed by atoms with E-state index in [2.05, 4.69) is 10.2 Å². The number of hydrogen-bond donors (Lipinski definition) is 1. The van der Waals surface area contributed by atoms with Crippen LogP contribution in [0, 0.1) is 13.8 Å². The van der Waals surface area contributed by atoms with Gasteiger partial charge in [0.2, 0.25) is 0 Å². The highest BCUT2D eigenvalue weighted by atomic mass is 16.5. The number of anilines is 1. The zero-order valence-corrected chi connectivity index (χ0v) is 15.3. The molecule has 2 aromatic rings. The van der Waals surface area contributed by atoms with Crippen molar-refractivity contribution in [3.63, 3.8) is 0 Å². The van der Waals surface area contributed by atoms with Crippen LogP contribution in [-0.2, 0) is 4.79 Å². The van der Waals surface area contributed by atoms with E-state index >= 15 is 0 Å². The van der Waals surface area contributed by atoms with E-state index in [9.17, 15) is 4.79 Å². The number of hydrogen-bond acceptors (Lipinski definition) is 4. The van der Waals surface area contributed by atoms with Gasteiger partial charge in [0.1, 0.15) is 18.1 Å². The molecule has 0 aliphatic carbocycles. The Morgan fingerprint density at radius 3 is 2.24 bits per heavy atom. The molecule has 25 heavy (non-hydrogen) atoms. The largest absolute Gasteiger partial charge is 0.492 e. The van der Waals surface area contributed by atoms with Crippen molar-refractivity contribution in [2.45, 2.75) is 13.8 Å². The van der Waals surface area contributed by atoms with Crippen molar-refractivity contribution in [1.82, 2.24) is 4.90 Å². The molecule has 0 heterocycles. The number of nitrogens with zero attached hydrogens (tertiary/aromatic N) is 1. The summed E-state index contributed by atoms with van der Waals surface area (Å²) in [6.07, 6.45) is 0. The number of benzene rings is 2. The van der Waals surface area contributed by atoms with Crippen LogP contribution in [0.5, 0.6) is 11.5 Å². The molecule has 0 spiro atoms. The molecule has 2 rings (SSSR count). The van der Waals surface area contributed by atoms with Crippen LogP contribution in [0.3, 0.4) is 0 Å². The van der Waals surface area contributed by atoms with Crippen LogP contribution in [0.2, 0.25) is 0 Å². The molecule has 0 saturated heterocycles. The Kier molecular flexibility index (Phi) is 6.83. The van der Waals surface area contributed by atoms with Crippen molar-refractivity contribution in [3.8, 4) is 11.5 Å². The fraction of sp³-hybridized carbons (Fsp3) is 0.350. The van der Waals surface area contributed by atoms with Gasteiger partial charge in [0.15, 0.2) is 6.61 Å². The molecule has 0 fully saturated rings. The van der Waals surface area contributed by atoms with E-state index in [0.717, 1.165) is 34.9 Å². The van der Waals surface area contributed by atoms with E-state index in [1.165, 1.54) is 0 Å². The summed E-state index contributed by atoms with van der Waals surface area (Å²) in [6.45, 7) is 5.40. The average molecular weight is 342 g/mol. The second-order valence-corrected chi connectivity index (χ2v) is 6.23. The number of carbonyl (C=O) groups excluding carboxylic acids is 1. The zero-order valence-electron chi connectivity index (χ0n) is 15.3. The van der Waals surface area contributed by atoms with Gasteiger partial charge < -0.3 is 19.7 Å². The summed E-state index contributed by atoms with van der Waals surface area (Å²) in [5.74, 6) is 1.36. The quantitative estimate of drug-likeness (QED) is 0.800. The van der Waals surface area contributed by atoms with Crippen LogP contribution in [0.15, 0.2) is 42.5 Å². The lowest BCUT2D eigenvalue weighted by Gasteiger charge is -2.13. The molecule has 0 saturated carbocycles. The number of ether oxygens (including phenoxy) is 2. The Morgan fingerprint density at radius 1 is 1.00 bits per heavy atom. The molecule has 0 aliphatic rings. The first-order valence-corrected chi connectivity index (χ1v) is 8.32. The molecule has 5 heteroatoms. The van der Waals surface area contributed by atoms with Gasteiger partial charge in [-0.15, -0.1) is 0 Å². The number of carbonyl (C=O) groups is 1. The number of likely N-dealkylation sites (N-methyl/N-ethyl adjacent to an activating group) is 1. The molecule has 0 aliphatic heterocycles. The Bertz CT molecular complexity index is 676. The molecule has 134 valence electrons. The Hall–Kier alpha value is -2.53. The summed E-state index contributed by atoms with van der Waals surface area (Å²) in [5.41, 5.74) is 2.76. The van der Waals surface area contributed by atoms with Crippen molar-refractivity contribution in [1.29, 1.82) is 0 Å². The Morgan fingerprint density at radius 2 is 1.64 bits per heavy atom. The maximum atomic E-state index is 12.1. The number of amides is 1. The average Bonchev–Trinajstić information content (AvgIpc) is 2.56. The van der Waals surface area contributed by atoms with Crippen LogP contribution in [0.25, 0.3) is 0 Å². The van der Waals surface area contributed by atoms with Gasteiger partial charge in [-0.2, -0.15) is 0 Å². The minimum Gasteiger partial charge on any atom is -0.492 e. The van der Waals surface area contributed by atoms with Crippen molar-refractivity contribution in [3.05, 3.63) is 53.6 Å². The second-order valence-electron chi connectivity index (χ2n) is 6.23. The number of rotatable bonds is 8. The van der Waals surface area contributed by atoms with Crippen molar-refractivity contribution in [2.24, 2.45) is 0 Å². The topological polar surface area (TPSA) is 50.8 Å². The standard InChI is InChI=1S/C20H26N2O3/c1-15-6-5-7-16(2)20(15)25-14-19(23)21-17-8-10-18(11-9-17)24-13-12-22(3)4/h5-11H,12-14H2,1-4H3,(H,21,23). The highest BCUT2D eigenvalue weighted by Gasteiger charge is 2.08. The molecule has 0 atom stereocenters. The van der Waals surface area contributed by atoms with E-state index in [0.29, 0.717) is 6.61 Å². The maximum Gasteiger partial charge on any atom is 0.262 e. The van der Waals surface area contributed by atoms with E-state index in [1.54, 1.807) is 0 Å². The highest BCUT2D eigenvalue weighted by molar-refractivity contribution is 5.91. The lowest BCUT2D eigenvalue weighted by molar-refractivity contribution is -0.118. The fourth-order valence-corrected chi connectivity index (χ4v) is 2.34. The fourth-order valence-electron chi connectivity index (χ4n) is 2.34. The molecular weight excluding hydrogens is 316 g/mol. The molecule has 0 aromatic heterocycles. The Balaban J connectivity index is 1.82. The molecule has 5 nitrogen and oxygen atoms in total. The van der Waals surface area contributed by atoms with Crippen molar-refractivity contribution < 1.29 is 14.3 Å². The van der Waals surface area contributed by atoms with Crippen LogP contribution in [0.4, 0.5) is 5.69 Å². The number of para-hydroxylation sites is 1. The lowest BCUT2D eigenvalue weighted by Crippen LogP contribution is -2.20. The van der Waals surface area contributed by atoms with E-state index in [4.69, 9.17) is 9.47 Å². The Labute approximate surface area is 149 Å². The summed E-state index contributed by atoms with van der Waals surface area (Å²) < 4.78 is 11.3. The summed E-state index contributed by atoms with van der Waals surface area (Å²) in [7, 11) is 4.00. The molecular formula is C20H26N2O3. The van der Waals surface area contributed by atoms with Gasteiger partial charge in [-0.05, 0) is 63.3 Å². The van der Waals surface area contributed by atoms with Crippen LogP contribution >= 0.6 is 0 Å². The minimum atomic E-state index is -0.191. The van der Waals surface area contributed by atoms with E-state index in [-0.39, 0.29) is 12.5 Å². The molecule has 1 N–H and O–H groups in total. The first kappa shape index (κ1) is 18.8. The van der Waals surface area contributed by atoms with Crippen molar-refractivity contribution in [2.75, 3.05) is 39.2 Å². The number of nitrogens with one attached hydrogen (secondary N) is 1. The lowest BCUT2D eigenvalue weighted by atomic mass is 10.1. The molecule has 0 unspecified atom stereocenters. The summed E-state index contributed by atoms with van der Waals surface area (Å²) in [5, 5.41) is 2.82. The third-order valence-electron chi connectivity index (χ3n) is 3.70. The summed E-state index contributed by atoms with van der Waals surface area (Å²) in [4.78, 5) is 14.1. The van der Waals surface area contributed by atoms with Gasteiger partial charge in [0, 0.05) is 12.2 Å². The van der Waals surface area contributed by atoms with Crippen LogP contribution in [-0.4, -0.2) is 44.7 Å². The van der Waals surface area contributed by atoms with Gasteiger partial charge in [0.05, 0.1) is 0 Å².